The first kappa shape index (κ1) is 23.8. The van der Waals surface area contributed by atoms with Crippen molar-refractivity contribution in [2.45, 2.75) is 31.3 Å². The molecule has 1 heterocycles. The summed E-state index contributed by atoms with van der Waals surface area (Å²) in [6.07, 6.45) is -0.847. The maximum Gasteiger partial charge on any atom is 0.341 e. The van der Waals surface area contributed by atoms with Crippen LogP contribution in [0, 0.1) is 11.5 Å². The molecule has 5 nitrogen and oxygen atoms in total. The number of nitrogens with two attached hydrogens (primary N) is 1. The standard InChI is InChI=1S/C28H29NO4Si/c1-31-27(30)28(29,17-18-34(2,3)4)26-23-16-15-22(20-11-7-5-8-12-20)24(25(23)32-19-33-26)21-13-9-6-10-14-21/h5-16,26H,19,29H2,1-4H3. The molecule has 1 aliphatic rings. The molecule has 0 radical (unpaired) electrons. The maximum absolute atomic E-state index is 12.9. The largest absolute Gasteiger partial charge is 0.467 e. The van der Waals surface area contributed by atoms with Crippen molar-refractivity contribution >= 4 is 14.0 Å². The summed E-state index contributed by atoms with van der Waals surface area (Å²) in [7, 11) is -0.519. The van der Waals surface area contributed by atoms with Gasteiger partial charge >= 0.3 is 5.97 Å². The number of hydrogen-bond acceptors (Lipinski definition) is 5. The average Bonchev–Trinajstić information content (AvgIpc) is 2.86. The van der Waals surface area contributed by atoms with E-state index >= 15 is 0 Å². The van der Waals surface area contributed by atoms with Crippen LogP contribution in [0.2, 0.25) is 19.6 Å². The smallest absolute Gasteiger partial charge is 0.341 e. The first-order valence-electron chi connectivity index (χ1n) is 11.2. The Hall–Kier alpha value is -3.37. The Labute approximate surface area is 201 Å². The molecule has 3 aromatic carbocycles. The van der Waals surface area contributed by atoms with E-state index in [0.29, 0.717) is 11.3 Å². The minimum absolute atomic E-state index is 0.0552. The molecule has 0 saturated carbocycles. The Morgan fingerprint density at radius 1 is 1.00 bits per heavy atom. The molecule has 0 amide bonds. The summed E-state index contributed by atoms with van der Waals surface area (Å²) in [6, 6.07) is 24.1. The van der Waals surface area contributed by atoms with E-state index < -0.39 is 25.7 Å². The van der Waals surface area contributed by atoms with Gasteiger partial charge in [-0.2, -0.15) is 0 Å². The molecule has 2 N–H and O–H groups in total. The first-order valence-corrected chi connectivity index (χ1v) is 14.7. The van der Waals surface area contributed by atoms with Crippen LogP contribution in [0.4, 0.5) is 0 Å². The van der Waals surface area contributed by atoms with Crippen LogP contribution in [0.15, 0.2) is 72.8 Å². The van der Waals surface area contributed by atoms with Crippen LogP contribution in [0.5, 0.6) is 5.75 Å². The van der Waals surface area contributed by atoms with Crippen molar-refractivity contribution in [2.75, 3.05) is 13.9 Å². The molecule has 1 aliphatic heterocycles. The highest BCUT2D eigenvalue weighted by atomic mass is 28.3. The number of fused-ring (bicyclic) bond motifs is 1. The van der Waals surface area contributed by atoms with Crippen molar-refractivity contribution in [3.63, 3.8) is 0 Å². The molecule has 0 fully saturated rings. The van der Waals surface area contributed by atoms with Gasteiger partial charge in [0.2, 0.25) is 5.54 Å². The molecule has 6 heteroatoms. The number of carbonyl (C=O) groups excluding carboxylic acids is 1. The molecular weight excluding hydrogens is 442 g/mol. The third-order valence-electron chi connectivity index (χ3n) is 5.64. The van der Waals surface area contributed by atoms with Crippen LogP contribution in [-0.4, -0.2) is 33.5 Å². The van der Waals surface area contributed by atoms with Gasteiger partial charge in [-0.15, -0.1) is 5.54 Å². The summed E-state index contributed by atoms with van der Waals surface area (Å²) < 4.78 is 17.1. The van der Waals surface area contributed by atoms with E-state index in [1.807, 2.05) is 60.7 Å². The number of carbonyl (C=O) groups is 1. The zero-order valence-electron chi connectivity index (χ0n) is 19.9. The Morgan fingerprint density at radius 3 is 2.21 bits per heavy atom. The van der Waals surface area contributed by atoms with Crippen molar-refractivity contribution in [3.05, 3.63) is 78.4 Å². The summed E-state index contributed by atoms with van der Waals surface area (Å²) >= 11 is 0. The SMILES string of the molecule is COC(=O)C(N)(C#C[Si](C)(C)C)C1OCOc2c1ccc(-c1ccccc1)c2-c1ccccc1. The molecule has 174 valence electrons. The fourth-order valence-corrected chi connectivity index (χ4v) is 4.60. The van der Waals surface area contributed by atoms with Gasteiger partial charge in [0.25, 0.3) is 0 Å². The Balaban J connectivity index is 1.96. The van der Waals surface area contributed by atoms with Crippen molar-refractivity contribution < 1.29 is 19.0 Å². The van der Waals surface area contributed by atoms with E-state index in [2.05, 4.69) is 43.2 Å². The molecule has 0 aromatic heterocycles. The molecule has 2 atom stereocenters. The minimum atomic E-state index is -1.83. The van der Waals surface area contributed by atoms with Gasteiger partial charge in [0, 0.05) is 11.1 Å². The first-order chi connectivity index (χ1) is 16.2. The van der Waals surface area contributed by atoms with Crippen LogP contribution >= 0.6 is 0 Å². The van der Waals surface area contributed by atoms with E-state index in [-0.39, 0.29) is 6.79 Å². The topological polar surface area (TPSA) is 70.8 Å². The predicted molar refractivity (Wildman–Crippen MR) is 137 cm³/mol. The van der Waals surface area contributed by atoms with E-state index in [9.17, 15) is 4.79 Å². The highest BCUT2D eigenvalue weighted by molar-refractivity contribution is 6.83. The van der Waals surface area contributed by atoms with E-state index in [1.165, 1.54) is 7.11 Å². The summed E-state index contributed by atoms with van der Waals surface area (Å²) in [5.41, 5.74) is 12.9. The Bertz CT molecular complexity index is 1240. The molecule has 0 spiro atoms. The van der Waals surface area contributed by atoms with Gasteiger partial charge in [-0.1, -0.05) is 98.4 Å². The summed E-state index contributed by atoms with van der Waals surface area (Å²) in [4.78, 5) is 12.9. The highest BCUT2D eigenvalue weighted by Crippen LogP contribution is 2.47. The summed E-state index contributed by atoms with van der Waals surface area (Å²) in [5, 5.41) is 0. The minimum Gasteiger partial charge on any atom is -0.467 e. The molecule has 0 saturated heterocycles. The third kappa shape index (κ3) is 4.64. The fraction of sp³-hybridized carbons (Fsp3) is 0.250. The van der Waals surface area contributed by atoms with Gasteiger partial charge in [0.15, 0.2) is 6.79 Å². The molecule has 2 unspecified atom stereocenters. The molecule has 0 aliphatic carbocycles. The lowest BCUT2D eigenvalue weighted by Gasteiger charge is -2.36. The fourth-order valence-electron chi connectivity index (χ4n) is 4.02. The van der Waals surface area contributed by atoms with Crippen LogP contribution in [-0.2, 0) is 14.3 Å². The van der Waals surface area contributed by atoms with Gasteiger partial charge in [0.05, 0.1) is 7.11 Å². The van der Waals surface area contributed by atoms with Crippen molar-refractivity contribution in [2.24, 2.45) is 5.73 Å². The van der Waals surface area contributed by atoms with Crippen molar-refractivity contribution in [1.82, 2.24) is 0 Å². The van der Waals surface area contributed by atoms with Gasteiger partial charge in [0.1, 0.15) is 19.9 Å². The van der Waals surface area contributed by atoms with Gasteiger partial charge in [-0.05, 0) is 16.7 Å². The second-order valence-corrected chi connectivity index (χ2v) is 14.1. The normalized spacial score (nSPS) is 16.8. The summed E-state index contributed by atoms with van der Waals surface area (Å²) in [6.45, 7) is 6.22. The van der Waals surface area contributed by atoms with Crippen LogP contribution < -0.4 is 10.5 Å². The maximum atomic E-state index is 12.9. The zero-order valence-corrected chi connectivity index (χ0v) is 20.9. The quantitative estimate of drug-likeness (QED) is 0.323. The Morgan fingerprint density at radius 2 is 1.62 bits per heavy atom. The number of rotatable bonds is 4. The number of hydrogen-bond donors (Lipinski definition) is 1. The van der Waals surface area contributed by atoms with E-state index in [4.69, 9.17) is 19.9 Å². The molecule has 3 aromatic rings. The van der Waals surface area contributed by atoms with Gasteiger partial charge in [-0.3, -0.25) is 0 Å². The second-order valence-electron chi connectivity index (χ2n) is 9.31. The predicted octanol–water partition coefficient (Wildman–Crippen LogP) is 5.18. The molecule has 34 heavy (non-hydrogen) atoms. The van der Waals surface area contributed by atoms with Crippen molar-refractivity contribution in [3.8, 4) is 39.5 Å². The zero-order chi connectivity index (χ0) is 24.3. The lowest BCUT2D eigenvalue weighted by molar-refractivity contribution is -0.155. The monoisotopic (exact) mass is 471 g/mol. The number of esters is 1. The van der Waals surface area contributed by atoms with Crippen LogP contribution in [0.3, 0.4) is 0 Å². The van der Waals surface area contributed by atoms with E-state index in [0.717, 1.165) is 22.3 Å². The third-order valence-corrected chi connectivity index (χ3v) is 6.51. The average molecular weight is 472 g/mol. The molecule has 0 bridgehead atoms. The Kier molecular flexibility index (Phi) is 6.62. The van der Waals surface area contributed by atoms with Crippen molar-refractivity contribution in [1.29, 1.82) is 0 Å². The lowest BCUT2D eigenvalue weighted by atomic mass is 9.84. The summed E-state index contributed by atoms with van der Waals surface area (Å²) in [5.74, 6) is 3.04. The van der Waals surface area contributed by atoms with Crippen LogP contribution in [0.25, 0.3) is 22.3 Å². The number of methoxy groups -OCH3 is 1. The molecular formula is C28H29NO4Si. The number of benzene rings is 3. The lowest BCUT2D eigenvalue weighted by Crippen LogP contribution is -2.54. The number of ether oxygens (including phenoxy) is 3. The van der Waals surface area contributed by atoms with Crippen LogP contribution in [0.1, 0.15) is 11.7 Å². The second kappa shape index (κ2) is 9.47. The van der Waals surface area contributed by atoms with Gasteiger partial charge in [-0.25, -0.2) is 4.79 Å². The molecule has 4 rings (SSSR count). The van der Waals surface area contributed by atoms with E-state index in [1.54, 1.807) is 0 Å². The van der Waals surface area contributed by atoms with Gasteiger partial charge < -0.3 is 19.9 Å². The highest BCUT2D eigenvalue weighted by Gasteiger charge is 2.47.